The van der Waals surface area contributed by atoms with Gasteiger partial charge in [-0.05, 0) is 17.4 Å². The highest BCUT2D eigenvalue weighted by Gasteiger charge is 2.29. The van der Waals surface area contributed by atoms with E-state index in [9.17, 15) is 4.79 Å². The number of hydrogen-bond donors (Lipinski definition) is 10. The SMILES string of the molecule is OC[C@@H](O)[C@@H](O)[C@H](O)[C@H](O)CO.[2H][C@](N)(Cc1ccc(B(O)O)cc1)C(=O)O. The van der Waals surface area contributed by atoms with Gasteiger partial charge in [0.1, 0.15) is 30.4 Å². The van der Waals surface area contributed by atoms with Crippen molar-refractivity contribution in [2.75, 3.05) is 13.2 Å². The Kier molecular flexibility index (Phi) is 11.0. The molecule has 0 fully saturated rings. The normalized spacial score (nSPS) is 18.0. The monoisotopic (exact) mass is 392 g/mol. The molecule has 154 valence electrons. The number of hydrogen-bond acceptors (Lipinski definition) is 10. The Labute approximate surface area is 157 Å². The molecule has 1 rings (SSSR count). The van der Waals surface area contributed by atoms with E-state index in [0.717, 1.165) is 0 Å². The van der Waals surface area contributed by atoms with Gasteiger partial charge in [-0.15, -0.1) is 0 Å². The van der Waals surface area contributed by atoms with E-state index in [4.69, 9.17) is 52.9 Å². The number of nitrogens with two attached hydrogens (primary N) is 1. The second kappa shape index (κ2) is 12.7. The van der Waals surface area contributed by atoms with Crippen LogP contribution in [0.1, 0.15) is 6.93 Å². The second-order valence-corrected chi connectivity index (χ2v) is 5.60. The fourth-order valence-corrected chi connectivity index (χ4v) is 1.77. The first-order valence-corrected chi connectivity index (χ1v) is 7.78. The predicted octanol–water partition coefficient (Wildman–Crippen LogP) is -5.26. The zero-order chi connectivity index (χ0) is 22.1. The van der Waals surface area contributed by atoms with Crippen LogP contribution >= 0.6 is 0 Å². The molecule has 0 radical (unpaired) electrons. The van der Waals surface area contributed by atoms with Gasteiger partial charge in [0.05, 0.1) is 14.6 Å². The predicted molar refractivity (Wildman–Crippen MR) is 93.8 cm³/mol. The van der Waals surface area contributed by atoms with Gasteiger partial charge in [0.2, 0.25) is 0 Å². The number of rotatable bonds is 9. The summed E-state index contributed by atoms with van der Waals surface area (Å²) in [6.07, 6.45) is -6.54. The summed E-state index contributed by atoms with van der Waals surface area (Å²) in [7, 11) is -1.56. The number of aliphatic carboxylic acids is 1. The van der Waals surface area contributed by atoms with Crippen molar-refractivity contribution in [3.8, 4) is 0 Å². The number of carbonyl (C=O) groups is 1. The van der Waals surface area contributed by atoms with Gasteiger partial charge in [0, 0.05) is 0 Å². The Morgan fingerprint density at radius 1 is 1.00 bits per heavy atom. The molecule has 0 saturated heterocycles. The number of carboxylic acid groups (broad SMARTS) is 1. The van der Waals surface area contributed by atoms with Crippen LogP contribution in [0.5, 0.6) is 0 Å². The topological polar surface area (TPSA) is 225 Å². The fourth-order valence-electron chi connectivity index (χ4n) is 1.77. The average Bonchev–Trinajstić information content (AvgIpc) is 2.65. The fraction of sp³-hybridized carbons (Fsp3) is 0.533. The van der Waals surface area contributed by atoms with Crippen LogP contribution in [0.2, 0.25) is 0 Å². The maximum Gasteiger partial charge on any atom is 0.488 e. The van der Waals surface area contributed by atoms with Crippen LogP contribution in [0, 0.1) is 0 Å². The first kappa shape index (κ1) is 23.4. The Hall–Kier alpha value is -1.61. The number of carboxylic acids is 1. The van der Waals surface area contributed by atoms with Crippen LogP contribution in [0.3, 0.4) is 0 Å². The molecule has 0 unspecified atom stereocenters. The van der Waals surface area contributed by atoms with E-state index in [2.05, 4.69) is 0 Å². The summed E-state index contributed by atoms with van der Waals surface area (Å²) in [4.78, 5) is 10.6. The molecule has 0 aromatic heterocycles. The molecule has 5 atom stereocenters. The molecule has 0 bridgehead atoms. The van der Waals surface area contributed by atoms with Crippen molar-refractivity contribution in [2.24, 2.45) is 5.73 Å². The summed E-state index contributed by atoms with van der Waals surface area (Å²) in [5, 5.41) is 78.5. The highest BCUT2D eigenvalue weighted by atomic mass is 16.4. The van der Waals surface area contributed by atoms with Gasteiger partial charge in [-0.25, -0.2) is 0 Å². The molecule has 12 heteroatoms. The second-order valence-electron chi connectivity index (χ2n) is 5.60. The van der Waals surface area contributed by atoms with E-state index in [-0.39, 0.29) is 6.42 Å². The first-order chi connectivity index (χ1) is 12.9. The molecular formula is C15H26BNO10. The van der Waals surface area contributed by atoms with Crippen LogP contribution in [0.15, 0.2) is 24.3 Å². The lowest BCUT2D eigenvalue weighted by atomic mass is 9.80. The van der Waals surface area contributed by atoms with Crippen molar-refractivity contribution in [1.82, 2.24) is 0 Å². The molecule has 0 aliphatic rings. The smallest absolute Gasteiger partial charge is 0.480 e. The number of aliphatic hydroxyl groups is 6. The van der Waals surface area contributed by atoms with E-state index in [1.807, 2.05) is 0 Å². The standard InChI is InChI=1S/C9H12BNO4.C6H14O6/c11-8(9(12)13)5-6-1-3-7(4-2-6)10(14)15;7-1-3(9)5(11)6(12)4(10)2-8/h1-4,8,14-15H,5,11H2,(H,12,13);3-12H,1-2H2/t8-;3-,4-,5-,6-/m01/s1/i8D;. The minimum Gasteiger partial charge on any atom is -0.480 e. The molecule has 0 aliphatic carbocycles. The lowest BCUT2D eigenvalue weighted by Gasteiger charge is -2.24. The highest BCUT2D eigenvalue weighted by Crippen LogP contribution is 2.04. The molecule has 1 aromatic carbocycles. The first-order valence-electron chi connectivity index (χ1n) is 8.28. The molecule has 11 nitrogen and oxygen atoms in total. The summed E-state index contributed by atoms with van der Waals surface area (Å²) in [6.45, 7) is -1.45. The molecule has 0 saturated carbocycles. The molecule has 11 N–H and O–H groups in total. The van der Waals surface area contributed by atoms with Gasteiger partial charge in [0.15, 0.2) is 0 Å². The Bertz CT molecular complexity index is 575. The molecule has 0 amide bonds. The third kappa shape index (κ3) is 9.24. The maximum atomic E-state index is 10.6. The number of benzene rings is 1. The summed E-state index contributed by atoms with van der Waals surface area (Å²) in [5.74, 6) is -1.40. The van der Waals surface area contributed by atoms with Crippen molar-refractivity contribution in [2.45, 2.75) is 36.9 Å². The zero-order valence-corrected chi connectivity index (χ0v) is 14.3. The summed E-state index contributed by atoms with van der Waals surface area (Å²) < 4.78 is 7.34. The van der Waals surface area contributed by atoms with Crippen molar-refractivity contribution in [1.29, 1.82) is 0 Å². The molecule has 27 heavy (non-hydrogen) atoms. The van der Waals surface area contributed by atoms with E-state index >= 15 is 0 Å². The minimum atomic E-state index is -2.07. The van der Waals surface area contributed by atoms with Crippen LogP contribution in [0.4, 0.5) is 0 Å². The average molecular weight is 392 g/mol. The van der Waals surface area contributed by atoms with Crippen LogP contribution in [0.25, 0.3) is 0 Å². The van der Waals surface area contributed by atoms with Gasteiger partial charge >= 0.3 is 13.1 Å². The third-order valence-electron chi connectivity index (χ3n) is 3.46. The zero-order valence-electron chi connectivity index (χ0n) is 15.3. The minimum absolute atomic E-state index is 0.149. The quantitative estimate of drug-likeness (QED) is 0.179. The third-order valence-corrected chi connectivity index (χ3v) is 3.46. The summed E-state index contributed by atoms with van der Waals surface area (Å²) in [6, 6.07) is 3.83. The van der Waals surface area contributed by atoms with E-state index in [1.165, 1.54) is 24.3 Å². The van der Waals surface area contributed by atoms with Crippen molar-refractivity contribution < 1.29 is 52.0 Å². The van der Waals surface area contributed by atoms with Crippen molar-refractivity contribution >= 4 is 18.6 Å². The van der Waals surface area contributed by atoms with E-state index in [0.29, 0.717) is 11.0 Å². The lowest BCUT2D eigenvalue weighted by molar-refractivity contribution is -0.138. The summed E-state index contributed by atoms with van der Waals surface area (Å²) >= 11 is 0. The van der Waals surface area contributed by atoms with Crippen LogP contribution in [-0.4, -0.2) is 103 Å². The van der Waals surface area contributed by atoms with Gasteiger partial charge in [-0.3, -0.25) is 4.79 Å². The molecule has 0 spiro atoms. The van der Waals surface area contributed by atoms with Crippen molar-refractivity contribution in [3.05, 3.63) is 29.8 Å². The Morgan fingerprint density at radius 3 is 1.70 bits per heavy atom. The molecule has 1 aromatic rings. The highest BCUT2D eigenvalue weighted by molar-refractivity contribution is 6.58. The van der Waals surface area contributed by atoms with Gasteiger partial charge < -0.3 is 51.5 Å². The lowest BCUT2D eigenvalue weighted by Crippen LogP contribution is -2.46. The van der Waals surface area contributed by atoms with E-state index in [1.54, 1.807) is 0 Å². The Balaban J connectivity index is 0.000000546. The molecule has 0 aliphatic heterocycles. The molecule has 0 heterocycles. The Morgan fingerprint density at radius 2 is 1.41 bits per heavy atom. The number of aliphatic hydroxyl groups excluding tert-OH is 6. The van der Waals surface area contributed by atoms with E-state index < -0.39 is 56.7 Å². The van der Waals surface area contributed by atoms with Crippen LogP contribution < -0.4 is 11.2 Å². The van der Waals surface area contributed by atoms with Crippen LogP contribution in [-0.2, 0) is 11.2 Å². The van der Waals surface area contributed by atoms with Gasteiger partial charge in [-0.2, -0.15) is 0 Å². The largest absolute Gasteiger partial charge is 0.488 e. The summed E-state index contributed by atoms with van der Waals surface area (Å²) in [5.41, 5.74) is 6.10. The maximum absolute atomic E-state index is 10.6. The molecular weight excluding hydrogens is 365 g/mol. The van der Waals surface area contributed by atoms with Gasteiger partial charge in [0.25, 0.3) is 0 Å². The van der Waals surface area contributed by atoms with Crippen molar-refractivity contribution in [3.63, 3.8) is 0 Å². The van der Waals surface area contributed by atoms with Gasteiger partial charge in [-0.1, -0.05) is 24.3 Å².